The lowest BCUT2D eigenvalue weighted by molar-refractivity contribution is -0.101. The molecule has 0 radical (unpaired) electrons. The lowest BCUT2D eigenvalue weighted by atomic mass is 9.73. The lowest BCUT2D eigenvalue weighted by Gasteiger charge is -2.43. The molecule has 2 aliphatic heterocycles. The predicted molar refractivity (Wildman–Crippen MR) is 83.2 cm³/mol. The molecular formula is C17H26N2O2. The average Bonchev–Trinajstić information content (AvgIpc) is 2.52. The van der Waals surface area contributed by atoms with E-state index in [1.807, 2.05) is 24.3 Å². The number of benzene rings is 1. The molecule has 0 aromatic heterocycles. The number of hydrogen-bond donors (Lipinski definition) is 2. The molecular weight excluding hydrogens is 264 g/mol. The first kappa shape index (κ1) is 14.8. The highest BCUT2D eigenvalue weighted by atomic mass is 16.7. The van der Waals surface area contributed by atoms with Gasteiger partial charge in [-0.2, -0.15) is 0 Å². The van der Waals surface area contributed by atoms with Gasteiger partial charge in [-0.3, -0.25) is 0 Å². The van der Waals surface area contributed by atoms with Gasteiger partial charge in [0.2, 0.25) is 0 Å². The molecule has 2 N–H and O–H groups in total. The largest absolute Gasteiger partial charge is 0.406 e. The van der Waals surface area contributed by atoms with Gasteiger partial charge in [0.1, 0.15) is 5.75 Å². The molecule has 1 spiro atoms. The summed E-state index contributed by atoms with van der Waals surface area (Å²) in [5, 5.41) is 14.7. The Morgan fingerprint density at radius 2 is 2.10 bits per heavy atom. The van der Waals surface area contributed by atoms with Crippen molar-refractivity contribution in [3.63, 3.8) is 0 Å². The molecule has 2 aliphatic rings. The number of piperidine rings is 2. The molecule has 3 rings (SSSR count). The topological polar surface area (TPSA) is 44.7 Å². The van der Waals surface area contributed by atoms with Crippen molar-refractivity contribution >= 4 is 0 Å². The number of rotatable bonds is 4. The fraction of sp³-hybridized carbons (Fsp3) is 0.647. The maximum Gasteiger partial charge on any atom is 0.147 e. The van der Waals surface area contributed by atoms with Crippen molar-refractivity contribution in [1.29, 1.82) is 0 Å². The van der Waals surface area contributed by atoms with Crippen LogP contribution < -0.4 is 10.2 Å². The summed E-state index contributed by atoms with van der Waals surface area (Å²) in [5.74, 6) is 0.888. The van der Waals surface area contributed by atoms with Crippen LogP contribution in [0.5, 0.6) is 5.75 Å². The molecule has 1 aromatic rings. The van der Waals surface area contributed by atoms with Gasteiger partial charge in [0.15, 0.2) is 0 Å². The fourth-order valence-corrected chi connectivity index (χ4v) is 3.54. The van der Waals surface area contributed by atoms with Crippen molar-refractivity contribution in [3.05, 3.63) is 29.8 Å². The second kappa shape index (κ2) is 6.77. The van der Waals surface area contributed by atoms with Crippen molar-refractivity contribution in [2.24, 2.45) is 5.41 Å². The number of hydrogen-bond acceptors (Lipinski definition) is 4. The van der Waals surface area contributed by atoms with E-state index in [0.29, 0.717) is 11.8 Å². The smallest absolute Gasteiger partial charge is 0.147 e. The monoisotopic (exact) mass is 290 g/mol. The minimum absolute atomic E-state index is 0.183. The van der Waals surface area contributed by atoms with Gasteiger partial charge >= 0.3 is 0 Å². The normalized spacial score (nSPS) is 22.3. The third kappa shape index (κ3) is 3.76. The Balaban J connectivity index is 1.54. The molecule has 2 fully saturated rings. The molecule has 2 heterocycles. The van der Waals surface area contributed by atoms with E-state index in [1.54, 1.807) is 0 Å². The lowest BCUT2D eigenvalue weighted by Crippen LogP contribution is -2.48. The first-order valence-corrected chi connectivity index (χ1v) is 8.13. The van der Waals surface area contributed by atoms with E-state index >= 15 is 0 Å². The second-order valence-corrected chi connectivity index (χ2v) is 6.42. The molecule has 4 heteroatoms. The number of nitrogens with one attached hydrogen (secondary N) is 1. The van der Waals surface area contributed by atoms with Crippen LogP contribution in [0.15, 0.2) is 24.3 Å². The van der Waals surface area contributed by atoms with Gasteiger partial charge in [-0.25, -0.2) is 0 Å². The Kier molecular flexibility index (Phi) is 4.78. The Hall–Kier alpha value is -1.10. The molecule has 0 bridgehead atoms. The summed E-state index contributed by atoms with van der Waals surface area (Å²) in [4.78, 5) is 6.01. The van der Waals surface area contributed by atoms with Gasteiger partial charge in [-0.15, -0.1) is 5.06 Å². The minimum atomic E-state index is 0.183. The van der Waals surface area contributed by atoms with Crippen LogP contribution in [-0.2, 0) is 6.42 Å². The highest BCUT2D eigenvalue weighted by Crippen LogP contribution is 2.37. The Bertz CT molecular complexity index is 448. The Morgan fingerprint density at radius 3 is 2.81 bits per heavy atom. The van der Waals surface area contributed by atoms with Gasteiger partial charge in [-0.05, 0) is 61.8 Å². The van der Waals surface area contributed by atoms with Gasteiger partial charge in [-0.1, -0.05) is 12.1 Å². The first-order chi connectivity index (χ1) is 10.3. The van der Waals surface area contributed by atoms with E-state index in [9.17, 15) is 0 Å². The van der Waals surface area contributed by atoms with E-state index < -0.39 is 0 Å². The van der Waals surface area contributed by atoms with Crippen molar-refractivity contribution < 1.29 is 9.94 Å². The zero-order valence-corrected chi connectivity index (χ0v) is 12.7. The van der Waals surface area contributed by atoms with E-state index in [1.165, 1.54) is 38.8 Å². The van der Waals surface area contributed by atoms with E-state index in [4.69, 9.17) is 9.94 Å². The van der Waals surface area contributed by atoms with Crippen LogP contribution in [0.1, 0.15) is 31.2 Å². The Morgan fingerprint density at radius 1 is 1.24 bits per heavy atom. The molecule has 0 atom stereocenters. The van der Waals surface area contributed by atoms with Crippen LogP contribution in [-0.4, -0.2) is 43.0 Å². The number of nitrogens with zero attached hydrogens (tertiary/aromatic N) is 1. The van der Waals surface area contributed by atoms with Crippen molar-refractivity contribution in [3.8, 4) is 5.75 Å². The maximum absolute atomic E-state index is 9.02. The van der Waals surface area contributed by atoms with Gasteiger partial charge in [0.25, 0.3) is 0 Å². The van der Waals surface area contributed by atoms with Crippen LogP contribution in [0.2, 0.25) is 0 Å². The summed E-state index contributed by atoms with van der Waals surface area (Å²) in [7, 11) is 0. The summed E-state index contributed by atoms with van der Waals surface area (Å²) in [6, 6.07) is 8.05. The van der Waals surface area contributed by atoms with Crippen LogP contribution >= 0.6 is 0 Å². The van der Waals surface area contributed by atoms with E-state index in [2.05, 4.69) is 10.4 Å². The fourth-order valence-electron chi connectivity index (χ4n) is 3.54. The van der Waals surface area contributed by atoms with Gasteiger partial charge in [0.05, 0.1) is 0 Å². The molecule has 0 amide bonds. The summed E-state index contributed by atoms with van der Waals surface area (Å²) < 4.78 is 0. The van der Waals surface area contributed by atoms with Crippen LogP contribution in [0.3, 0.4) is 0 Å². The molecule has 0 saturated carbocycles. The quantitative estimate of drug-likeness (QED) is 0.890. The molecule has 2 saturated heterocycles. The van der Waals surface area contributed by atoms with Crippen molar-refractivity contribution in [1.82, 2.24) is 10.4 Å². The SMILES string of the molecule is OCCc1cccc(ON2CCC3(CCCNC3)CC2)c1. The number of aliphatic hydroxyl groups is 1. The van der Waals surface area contributed by atoms with Crippen molar-refractivity contribution in [2.45, 2.75) is 32.1 Å². The van der Waals surface area contributed by atoms with E-state index in [0.717, 1.165) is 24.4 Å². The molecule has 1 aromatic carbocycles. The maximum atomic E-state index is 9.02. The summed E-state index contributed by atoms with van der Waals surface area (Å²) in [6.45, 7) is 4.55. The summed E-state index contributed by atoms with van der Waals surface area (Å²) in [6.07, 6.45) is 5.79. The van der Waals surface area contributed by atoms with Crippen molar-refractivity contribution in [2.75, 3.05) is 32.8 Å². The Labute approximate surface area is 127 Å². The summed E-state index contributed by atoms with van der Waals surface area (Å²) in [5.41, 5.74) is 1.64. The third-order valence-corrected chi connectivity index (χ3v) is 4.88. The standard InChI is InChI=1S/C17H26N2O2/c20-12-5-15-3-1-4-16(13-15)21-19-10-7-17(8-11-19)6-2-9-18-14-17/h1,3-4,13,18,20H,2,5-12,14H2. The molecule has 0 unspecified atom stereocenters. The molecule has 4 nitrogen and oxygen atoms in total. The van der Waals surface area contributed by atoms with E-state index in [-0.39, 0.29) is 6.61 Å². The molecule has 21 heavy (non-hydrogen) atoms. The minimum Gasteiger partial charge on any atom is -0.406 e. The predicted octanol–water partition coefficient (Wildman–Crippen LogP) is 1.98. The van der Waals surface area contributed by atoms with Crippen LogP contribution in [0, 0.1) is 5.41 Å². The second-order valence-electron chi connectivity index (χ2n) is 6.42. The number of hydroxylamine groups is 2. The van der Waals surface area contributed by atoms with Crippen LogP contribution in [0.25, 0.3) is 0 Å². The zero-order chi connectivity index (χ0) is 14.5. The van der Waals surface area contributed by atoms with Gasteiger partial charge in [0, 0.05) is 26.2 Å². The number of aliphatic hydroxyl groups excluding tert-OH is 1. The highest BCUT2D eigenvalue weighted by Gasteiger charge is 2.36. The third-order valence-electron chi connectivity index (χ3n) is 4.88. The average molecular weight is 290 g/mol. The molecule has 116 valence electrons. The zero-order valence-electron chi connectivity index (χ0n) is 12.7. The molecule has 0 aliphatic carbocycles. The first-order valence-electron chi connectivity index (χ1n) is 8.13. The highest BCUT2D eigenvalue weighted by molar-refractivity contribution is 5.28. The van der Waals surface area contributed by atoms with Crippen LogP contribution in [0.4, 0.5) is 0 Å². The van der Waals surface area contributed by atoms with Gasteiger partial charge < -0.3 is 15.3 Å². The summed E-state index contributed by atoms with van der Waals surface area (Å²) >= 11 is 0.